The van der Waals surface area contributed by atoms with Crippen molar-refractivity contribution in [2.24, 2.45) is 0 Å². The van der Waals surface area contributed by atoms with Crippen LogP contribution in [0.5, 0.6) is 0 Å². The third-order valence-corrected chi connectivity index (χ3v) is 1.91. The van der Waals surface area contributed by atoms with Crippen LogP contribution in [0.4, 0.5) is 8.96 Å². The molecule has 0 aliphatic carbocycles. The van der Waals surface area contributed by atoms with E-state index in [-0.39, 0.29) is 0 Å². The second-order valence-electron chi connectivity index (χ2n) is 2.75. The first-order valence-electron chi connectivity index (χ1n) is 3.90. The summed E-state index contributed by atoms with van der Waals surface area (Å²) in [5.74, 6) is -3.76. The van der Waals surface area contributed by atoms with E-state index in [4.69, 9.17) is 0 Å². The van der Waals surface area contributed by atoms with Gasteiger partial charge >= 0.3 is 5.79 Å². The zero-order valence-electron chi connectivity index (χ0n) is 7.62. The van der Waals surface area contributed by atoms with Crippen molar-refractivity contribution in [1.29, 1.82) is 0 Å². The number of nitro groups is 2. The van der Waals surface area contributed by atoms with Crippen molar-refractivity contribution in [3.63, 3.8) is 0 Å². The highest BCUT2D eigenvalue weighted by Crippen LogP contribution is 2.30. The molecule has 0 aromatic heterocycles. The molecule has 0 spiro atoms. The molecule has 16 heavy (non-hydrogen) atoms. The van der Waals surface area contributed by atoms with Gasteiger partial charge in [0.05, 0.1) is 0 Å². The lowest BCUT2D eigenvalue weighted by atomic mass is 10.1. The first-order valence-corrected chi connectivity index (χ1v) is 3.90. The summed E-state index contributed by atoms with van der Waals surface area (Å²) in [4.78, 5) is 17.8. The average Bonchev–Trinajstić information content (AvgIpc) is 2.18. The molecule has 0 aliphatic heterocycles. The van der Waals surface area contributed by atoms with E-state index in [0.29, 0.717) is 0 Å². The predicted octanol–water partition coefficient (Wildman–Crippen LogP) is 1.42. The molecule has 1 aromatic carbocycles. The molecule has 0 aliphatic rings. The van der Waals surface area contributed by atoms with E-state index in [1.165, 1.54) is 18.2 Å². The summed E-state index contributed by atoms with van der Waals surface area (Å²) >= 11 is 0. The van der Waals surface area contributed by atoms with Crippen LogP contribution in [0.3, 0.4) is 0 Å². The van der Waals surface area contributed by atoms with E-state index >= 15 is 0 Å². The highest BCUT2D eigenvalue weighted by atomic mass is 19.4. The lowest BCUT2D eigenvalue weighted by Gasteiger charge is -2.15. The van der Waals surface area contributed by atoms with Gasteiger partial charge in [-0.2, -0.15) is 0 Å². The van der Waals surface area contributed by atoms with Gasteiger partial charge in [-0.15, -0.1) is 0 Å². The Labute approximate surface area is 87.1 Å². The first-order chi connectivity index (χ1) is 7.44. The second kappa shape index (κ2) is 4.14. The van der Waals surface area contributed by atoms with Gasteiger partial charge in [-0.25, -0.2) is 0 Å². The van der Waals surface area contributed by atoms with Gasteiger partial charge in [-0.3, -0.25) is 20.2 Å². The van der Waals surface area contributed by atoms with Crippen molar-refractivity contribution in [2.75, 3.05) is 0 Å². The third kappa shape index (κ3) is 1.56. The molecule has 0 fully saturated rings. The molecule has 86 valence electrons. The number of rotatable bonds is 4. The van der Waals surface area contributed by atoms with Gasteiger partial charge in [0.1, 0.15) is 15.4 Å². The number of hydrogen-bond acceptors (Lipinski definition) is 5. The minimum absolute atomic E-state index is 0.727. The van der Waals surface area contributed by atoms with E-state index < -0.39 is 26.5 Å². The van der Waals surface area contributed by atoms with Crippen molar-refractivity contribution in [1.82, 2.24) is 5.34 Å². The molecule has 1 aromatic rings. The monoisotopic (exact) mass is 233 g/mol. The highest BCUT2D eigenvalue weighted by molar-refractivity contribution is 5.18. The molecule has 9 heteroatoms. The zero-order valence-corrected chi connectivity index (χ0v) is 7.62. The number of nitrogens with zero attached hydrogens (tertiary/aromatic N) is 3. The van der Waals surface area contributed by atoms with E-state index in [1.807, 2.05) is 0 Å². The summed E-state index contributed by atoms with van der Waals surface area (Å²) < 4.78 is 25.0. The summed E-state index contributed by atoms with van der Waals surface area (Å²) in [5.41, 5.74) is -0.727. The van der Waals surface area contributed by atoms with Crippen LogP contribution in [0, 0.1) is 20.2 Å². The fourth-order valence-electron chi connectivity index (χ4n) is 1.16. The maximum absolute atomic E-state index is 12.5. The van der Waals surface area contributed by atoms with Crippen LogP contribution >= 0.6 is 0 Å². The molecule has 0 N–H and O–H groups in total. The van der Waals surface area contributed by atoms with E-state index in [2.05, 4.69) is 0 Å². The molecule has 0 unspecified atom stereocenters. The normalized spacial score (nSPS) is 11.4. The van der Waals surface area contributed by atoms with Crippen LogP contribution in [0.1, 0.15) is 5.56 Å². The average molecular weight is 233 g/mol. The topological polar surface area (TPSA) is 89.5 Å². The summed E-state index contributed by atoms with van der Waals surface area (Å²) in [5, 5.41) is 19.1. The molecule has 0 heterocycles. The maximum Gasteiger partial charge on any atom is 0.602 e. The van der Waals surface area contributed by atoms with Gasteiger partial charge in [0.25, 0.3) is 0 Å². The minimum Gasteiger partial charge on any atom is -0.257 e. The van der Waals surface area contributed by atoms with Crippen LogP contribution in [0.25, 0.3) is 0 Å². The Morgan fingerprint density at radius 2 is 1.50 bits per heavy atom. The highest BCUT2D eigenvalue weighted by Gasteiger charge is 2.67. The second-order valence-corrected chi connectivity index (χ2v) is 2.75. The standard InChI is InChI=1S/C7H5F2N3O4/c8-10(9)7(11(13)14,12(15)16)6-4-2-1-3-5-6/h1-5H. The fraction of sp³-hybridized carbons (Fsp3) is 0.143. The third-order valence-electron chi connectivity index (χ3n) is 1.91. The summed E-state index contributed by atoms with van der Waals surface area (Å²) in [6.07, 6.45) is 0. The Bertz CT molecular complexity index is 397. The van der Waals surface area contributed by atoms with Gasteiger partial charge in [0, 0.05) is 0 Å². The fourth-order valence-corrected chi connectivity index (χ4v) is 1.16. The minimum atomic E-state index is -3.76. The number of benzene rings is 1. The lowest BCUT2D eigenvalue weighted by Crippen LogP contribution is -2.51. The van der Waals surface area contributed by atoms with E-state index in [1.54, 1.807) is 0 Å². The molecule has 0 bridgehead atoms. The van der Waals surface area contributed by atoms with Gasteiger partial charge in [0.2, 0.25) is 0 Å². The number of hydrogen-bond donors (Lipinski definition) is 0. The van der Waals surface area contributed by atoms with Crippen LogP contribution in [-0.2, 0) is 5.79 Å². The van der Waals surface area contributed by atoms with Gasteiger partial charge < -0.3 is 0 Å². The zero-order chi connectivity index (χ0) is 12.3. The van der Waals surface area contributed by atoms with E-state index in [9.17, 15) is 29.2 Å². The molecule has 0 saturated heterocycles. The SMILES string of the molecule is O=[N+]([O-])C(c1ccccc1)(N(F)F)[N+](=O)[O-]. The van der Waals surface area contributed by atoms with Crippen LogP contribution in [-0.4, -0.2) is 15.2 Å². The van der Waals surface area contributed by atoms with Crippen molar-refractivity contribution in [2.45, 2.75) is 5.79 Å². The van der Waals surface area contributed by atoms with Crippen LogP contribution < -0.4 is 0 Å². The molecule has 7 nitrogen and oxygen atoms in total. The molecule has 0 radical (unpaired) electrons. The molecular formula is C7H5F2N3O4. The molecular weight excluding hydrogens is 228 g/mol. The van der Waals surface area contributed by atoms with Crippen molar-refractivity contribution >= 4 is 0 Å². The van der Waals surface area contributed by atoms with Crippen molar-refractivity contribution in [3.8, 4) is 0 Å². The van der Waals surface area contributed by atoms with Crippen LogP contribution in [0.2, 0.25) is 0 Å². The maximum atomic E-state index is 12.5. The van der Waals surface area contributed by atoms with Gasteiger partial charge in [-0.1, -0.05) is 27.2 Å². The van der Waals surface area contributed by atoms with Gasteiger partial charge in [0.15, 0.2) is 5.34 Å². The van der Waals surface area contributed by atoms with Crippen LogP contribution in [0.15, 0.2) is 30.3 Å². The Kier molecular flexibility index (Phi) is 3.09. The number of halogens is 2. The molecule has 0 amide bonds. The molecule has 0 atom stereocenters. The Hall–Kier alpha value is -2.16. The Morgan fingerprint density at radius 1 is 1.06 bits per heavy atom. The van der Waals surface area contributed by atoms with E-state index in [0.717, 1.165) is 12.1 Å². The predicted molar refractivity (Wildman–Crippen MR) is 46.2 cm³/mol. The quantitative estimate of drug-likeness (QED) is 0.339. The summed E-state index contributed by atoms with van der Waals surface area (Å²) in [6.45, 7) is 0. The smallest absolute Gasteiger partial charge is 0.257 e. The summed E-state index contributed by atoms with van der Waals surface area (Å²) in [7, 11) is 0. The largest absolute Gasteiger partial charge is 0.602 e. The Balaban J connectivity index is 3.46. The summed E-state index contributed by atoms with van der Waals surface area (Å²) in [6, 6.07) is 5.56. The van der Waals surface area contributed by atoms with Gasteiger partial charge in [-0.05, 0) is 12.1 Å². The first kappa shape index (κ1) is 11.9. The van der Waals surface area contributed by atoms with Crippen molar-refractivity contribution in [3.05, 3.63) is 56.1 Å². The van der Waals surface area contributed by atoms with Crippen molar-refractivity contribution < 1.29 is 18.8 Å². The molecule has 0 saturated carbocycles. The molecule has 1 rings (SSSR count). The Morgan fingerprint density at radius 3 is 1.81 bits per heavy atom. The lowest BCUT2D eigenvalue weighted by molar-refractivity contribution is -0.862.